The highest BCUT2D eigenvalue weighted by Gasteiger charge is 2.30. The first kappa shape index (κ1) is 17.7. The van der Waals surface area contributed by atoms with Gasteiger partial charge in [-0.1, -0.05) is 30.3 Å². The molecule has 0 saturated carbocycles. The Morgan fingerprint density at radius 1 is 1.04 bits per heavy atom. The summed E-state index contributed by atoms with van der Waals surface area (Å²) in [5, 5.41) is 0. The Balaban J connectivity index is 2.05. The van der Waals surface area contributed by atoms with Gasteiger partial charge in [0.1, 0.15) is 0 Å². The minimum Gasteiger partial charge on any atom is -0.461 e. The summed E-state index contributed by atoms with van der Waals surface area (Å²) in [7, 11) is 0. The number of ether oxygens (including phenoxy) is 1. The van der Waals surface area contributed by atoms with E-state index in [1.807, 2.05) is 0 Å². The SMILES string of the molecule is CCOC(=O)c1nc(-c2ccc(C(F)(F)F)cc2)oc1-c1ccccc1. The molecule has 0 spiro atoms. The van der Waals surface area contributed by atoms with Crippen LogP contribution < -0.4 is 0 Å². The van der Waals surface area contributed by atoms with Gasteiger partial charge in [-0.2, -0.15) is 13.2 Å². The molecule has 0 fully saturated rings. The molecule has 1 aromatic heterocycles. The van der Waals surface area contributed by atoms with Crippen molar-refractivity contribution in [3.63, 3.8) is 0 Å². The molecule has 0 N–H and O–H groups in total. The minimum atomic E-state index is -4.43. The number of carbonyl (C=O) groups excluding carboxylic acids is 1. The van der Waals surface area contributed by atoms with E-state index in [1.165, 1.54) is 12.1 Å². The maximum Gasteiger partial charge on any atom is 0.416 e. The van der Waals surface area contributed by atoms with Crippen LogP contribution >= 0.6 is 0 Å². The summed E-state index contributed by atoms with van der Waals surface area (Å²) >= 11 is 0. The summed E-state index contributed by atoms with van der Waals surface area (Å²) in [6, 6.07) is 13.2. The molecule has 0 radical (unpaired) electrons. The predicted molar refractivity (Wildman–Crippen MR) is 88.3 cm³/mol. The summed E-state index contributed by atoms with van der Waals surface area (Å²) in [4.78, 5) is 16.3. The Kier molecular flexibility index (Phi) is 4.79. The van der Waals surface area contributed by atoms with Crippen molar-refractivity contribution in [3.05, 3.63) is 65.9 Å². The average Bonchev–Trinajstić information content (AvgIpc) is 3.07. The first-order chi connectivity index (χ1) is 12.4. The van der Waals surface area contributed by atoms with Crippen molar-refractivity contribution >= 4 is 5.97 Å². The number of oxazole rings is 1. The smallest absolute Gasteiger partial charge is 0.416 e. The van der Waals surface area contributed by atoms with E-state index in [1.54, 1.807) is 37.3 Å². The number of rotatable bonds is 4. The van der Waals surface area contributed by atoms with Crippen LogP contribution in [-0.4, -0.2) is 17.6 Å². The van der Waals surface area contributed by atoms with Crippen molar-refractivity contribution in [2.45, 2.75) is 13.1 Å². The lowest BCUT2D eigenvalue weighted by Crippen LogP contribution is -2.06. The topological polar surface area (TPSA) is 52.3 Å². The third-order valence-corrected chi connectivity index (χ3v) is 3.59. The second-order valence-electron chi connectivity index (χ2n) is 5.36. The fourth-order valence-electron chi connectivity index (χ4n) is 2.37. The molecular weight excluding hydrogens is 347 g/mol. The molecule has 0 unspecified atom stereocenters. The average molecular weight is 361 g/mol. The summed E-state index contributed by atoms with van der Waals surface area (Å²) in [6.45, 7) is 1.83. The highest BCUT2D eigenvalue weighted by molar-refractivity contribution is 5.94. The highest BCUT2D eigenvalue weighted by Crippen LogP contribution is 2.33. The van der Waals surface area contributed by atoms with Gasteiger partial charge in [0.15, 0.2) is 11.5 Å². The van der Waals surface area contributed by atoms with E-state index in [0.717, 1.165) is 12.1 Å². The number of hydrogen-bond donors (Lipinski definition) is 0. The number of nitrogens with zero attached hydrogens (tertiary/aromatic N) is 1. The van der Waals surface area contributed by atoms with Crippen LogP contribution in [-0.2, 0) is 10.9 Å². The van der Waals surface area contributed by atoms with Crippen LogP contribution in [0, 0.1) is 0 Å². The van der Waals surface area contributed by atoms with Gasteiger partial charge in [-0.25, -0.2) is 9.78 Å². The largest absolute Gasteiger partial charge is 0.461 e. The van der Waals surface area contributed by atoms with Crippen molar-refractivity contribution < 1.29 is 27.1 Å². The van der Waals surface area contributed by atoms with E-state index in [4.69, 9.17) is 9.15 Å². The van der Waals surface area contributed by atoms with Crippen LogP contribution in [0.4, 0.5) is 13.2 Å². The van der Waals surface area contributed by atoms with Gasteiger partial charge in [-0.15, -0.1) is 0 Å². The Bertz CT molecular complexity index is 900. The zero-order valence-corrected chi connectivity index (χ0v) is 13.7. The lowest BCUT2D eigenvalue weighted by molar-refractivity contribution is -0.137. The number of esters is 1. The quantitative estimate of drug-likeness (QED) is 0.599. The van der Waals surface area contributed by atoms with Crippen molar-refractivity contribution in [1.29, 1.82) is 0 Å². The predicted octanol–water partition coefficient (Wildman–Crippen LogP) is 5.20. The molecule has 0 aliphatic heterocycles. The molecule has 0 amide bonds. The molecule has 0 saturated heterocycles. The number of alkyl halides is 3. The molecule has 4 nitrogen and oxygen atoms in total. The van der Waals surface area contributed by atoms with Gasteiger partial charge in [0.2, 0.25) is 5.89 Å². The molecule has 7 heteroatoms. The van der Waals surface area contributed by atoms with E-state index in [-0.39, 0.29) is 24.0 Å². The van der Waals surface area contributed by atoms with Crippen molar-refractivity contribution in [2.75, 3.05) is 6.61 Å². The summed E-state index contributed by atoms with van der Waals surface area (Å²) in [6.07, 6.45) is -4.43. The van der Waals surface area contributed by atoms with Crippen LogP contribution in [0.15, 0.2) is 59.0 Å². The van der Waals surface area contributed by atoms with Crippen molar-refractivity contribution in [1.82, 2.24) is 4.98 Å². The maximum atomic E-state index is 12.7. The Morgan fingerprint density at radius 3 is 2.27 bits per heavy atom. The normalized spacial score (nSPS) is 11.4. The maximum absolute atomic E-state index is 12.7. The number of benzene rings is 2. The molecule has 0 aliphatic carbocycles. The van der Waals surface area contributed by atoms with Crippen LogP contribution in [0.25, 0.3) is 22.8 Å². The number of aromatic nitrogens is 1. The Hall–Kier alpha value is -3.09. The van der Waals surface area contributed by atoms with Gasteiger partial charge in [-0.3, -0.25) is 0 Å². The van der Waals surface area contributed by atoms with Gasteiger partial charge in [-0.05, 0) is 31.2 Å². The number of halogens is 3. The van der Waals surface area contributed by atoms with Gasteiger partial charge >= 0.3 is 12.1 Å². The molecule has 1 heterocycles. The first-order valence-corrected chi connectivity index (χ1v) is 7.81. The number of carbonyl (C=O) groups is 1. The van der Waals surface area contributed by atoms with E-state index in [2.05, 4.69) is 4.98 Å². The zero-order valence-electron chi connectivity index (χ0n) is 13.7. The molecular formula is C19H14F3NO3. The lowest BCUT2D eigenvalue weighted by Gasteiger charge is -2.06. The van der Waals surface area contributed by atoms with E-state index < -0.39 is 17.7 Å². The zero-order chi connectivity index (χ0) is 18.7. The second kappa shape index (κ2) is 7.03. The van der Waals surface area contributed by atoms with Gasteiger partial charge < -0.3 is 9.15 Å². The molecule has 3 rings (SSSR count). The molecule has 0 atom stereocenters. The molecule has 3 aromatic rings. The first-order valence-electron chi connectivity index (χ1n) is 7.81. The van der Waals surface area contributed by atoms with Gasteiger partial charge in [0.25, 0.3) is 0 Å². The molecule has 0 aliphatic rings. The van der Waals surface area contributed by atoms with E-state index in [0.29, 0.717) is 11.1 Å². The second-order valence-corrected chi connectivity index (χ2v) is 5.36. The minimum absolute atomic E-state index is 0.0204. The van der Waals surface area contributed by atoms with Gasteiger partial charge in [0.05, 0.1) is 12.2 Å². The summed E-state index contributed by atoms with van der Waals surface area (Å²) in [5.74, 6) is -0.409. The third kappa shape index (κ3) is 3.61. The van der Waals surface area contributed by atoms with Crippen molar-refractivity contribution in [2.24, 2.45) is 0 Å². The Labute approximate surface area is 147 Å². The molecule has 0 bridgehead atoms. The van der Waals surface area contributed by atoms with E-state index >= 15 is 0 Å². The summed E-state index contributed by atoms with van der Waals surface area (Å²) < 4.78 is 48.8. The van der Waals surface area contributed by atoms with Crippen LogP contribution in [0.5, 0.6) is 0 Å². The number of hydrogen-bond acceptors (Lipinski definition) is 4. The van der Waals surface area contributed by atoms with Crippen LogP contribution in [0.2, 0.25) is 0 Å². The molecule has 26 heavy (non-hydrogen) atoms. The third-order valence-electron chi connectivity index (χ3n) is 3.59. The van der Waals surface area contributed by atoms with Crippen molar-refractivity contribution in [3.8, 4) is 22.8 Å². The highest BCUT2D eigenvalue weighted by atomic mass is 19.4. The fourth-order valence-corrected chi connectivity index (χ4v) is 2.37. The monoisotopic (exact) mass is 361 g/mol. The van der Waals surface area contributed by atoms with E-state index in [9.17, 15) is 18.0 Å². The van der Waals surface area contributed by atoms with Crippen LogP contribution in [0.3, 0.4) is 0 Å². The Morgan fingerprint density at radius 2 is 1.69 bits per heavy atom. The summed E-state index contributed by atoms with van der Waals surface area (Å²) in [5.41, 5.74) is 0.140. The van der Waals surface area contributed by atoms with Crippen LogP contribution in [0.1, 0.15) is 23.0 Å². The lowest BCUT2D eigenvalue weighted by atomic mass is 10.1. The standard InChI is InChI=1S/C19H14F3NO3/c1-2-25-18(24)15-16(12-6-4-3-5-7-12)26-17(23-15)13-8-10-14(11-9-13)19(20,21)22/h3-11H,2H2,1H3. The molecule has 134 valence electrons. The molecule has 2 aromatic carbocycles. The van der Waals surface area contributed by atoms with Gasteiger partial charge in [0, 0.05) is 11.1 Å². The fraction of sp³-hybridized carbons (Fsp3) is 0.158.